The molecule has 0 spiro atoms. The van der Waals surface area contributed by atoms with Crippen LogP contribution in [0.25, 0.3) is 0 Å². The summed E-state index contributed by atoms with van der Waals surface area (Å²) in [6.45, 7) is 1.37. The molecular weight excluding hydrogens is 232 g/mol. The standard InChI is InChI=1S/C14H22O4/c1-17-9-10-18-8-7-14(11-15,12-16)13-5-3-2-4-6-13/h2-6,15-16H,7-12H2,1H3. The van der Waals surface area contributed by atoms with Gasteiger partial charge >= 0.3 is 0 Å². The molecule has 0 saturated carbocycles. The van der Waals surface area contributed by atoms with Crippen LogP contribution in [0.2, 0.25) is 0 Å². The van der Waals surface area contributed by atoms with Crippen molar-refractivity contribution in [3.63, 3.8) is 0 Å². The highest BCUT2D eigenvalue weighted by atomic mass is 16.5. The quantitative estimate of drug-likeness (QED) is 0.645. The van der Waals surface area contributed by atoms with E-state index in [0.29, 0.717) is 26.2 Å². The van der Waals surface area contributed by atoms with Crippen LogP contribution in [0.3, 0.4) is 0 Å². The van der Waals surface area contributed by atoms with Crippen LogP contribution in [-0.2, 0) is 14.9 Å². The van der Waals surface area contributed by atoms with Gasteiger partial charge < -0.3 is 19.7 Å². The normalized spacial score (nSPS) is 11.7. The molecule has 18 heavy (non-hydrogen) atoms. The minimum atomic E-state index is -0.631. The van der Waals surface area contributed by atoms with Gasteiger partial charge in [0.1, 0.15) is 0 Å². The first kappa shape index (κ1) is 15.1. The van der Waals surface area contributed by atoms with Crippen molar-refractivity contribution < 1.29 is 19.7 Å². The summed E-state index contributed by atoms with van der Waals surface area (Å²) in [5.74, 6) is 0. The largest absolute Gasteiger partial charge is 0.395 e. The fraction of sp³-hybridized carbons (Fsp3) is 0.571. The predicted molar refractivity (Wildman–Crippen MR) is 69.6 cm³/mol. The maximum Gasteiger partial charge on any atom is 0.0700 e. The molecule has 102 valence electrons. The van der Waals surface area contributed by atoms with Crippen LogP contribution in [0, 0.1) is 0 Å². The highest BCUT2D eigenvalue weighted by Crippen LogP contribution is 2.27. The summed E-state index contributed by atoms with van der Waals surface area (Å²) in [5, 5.41) is 19.2. The van der Waals surface area contributed by atoms with Crippen molar-refractivity contribution in [3.05, 3.63) is 35.9 Å². The fourth-order valence-electron chi connectivity index (χ4n) is 1.84. The van der Waals surface area contributed by atoms with Gasteiger partial charge in [-0.25, -0.2) is 0 Å². The molecule has 4 heteroatoms. The predicted octanol–water partition coefficient (Wildman–Crippen LogP) is 0.962. The minimum absolute atomic E-state index is 0.0961. The maximum atomic E-state index is 9.59. The van der Waals surface area contributed by atoms with E-state index in [1.165, 1.54) is 0 Å². The molecule has 4 nitrogen and oxygen atoms in total. The third-order valence-corrected chi connectivity index (χ3v) is 3.15. The molecule has 0 heterocycles. The summed E-state index contributed by atoms with van der Waals surface area (Å²) < 4.78 is 10.3. The van der Waals surface area contributed by atoms with Crippen molar-refractivity contribution in [1.29, 1.82) is 0 Å². The molecule has 0 aliphatic carbocycles. The van der Waals surface area contributed by atoms with E-state index in [0.717, 1.165) is 5.56 Å². The average molecular weight is 254 g/mol. The van der Waals surface area contributed by atoms with Gasteiger partial charge in [0, 0.05) is 19.1 Å². The third-order valence-electron chi connectivity index (χ3n) is 3.15. The minimum Gasteiger partial charge on any atom is -0.395 e. The van der Waals surface area contributed by atoms with E-state index in [1.807, 2.05) is 30.3 Å². The summed E-state index contributed by atoms with van der Waals surface area (Å²) >= 11 is 0. The van der Waals surface area contributed by atoms with E-state index in [9.17, 15) is 10.2 Å². The van der Waals surface area contributed by atoms with E-state index in [-0.39, 0.29) is 13.2 Å². The van der Waals surface area contributed by atoms with Gasteiger partial charge in [-0.1, -0.05) is 30.3 Å². The zero-order valence-corrected chi connectivity index (χ0v) is 10.8. The molecule has 1 aromatic rings. The van der Waals surface area contributed by atoms with Crippen LogP contribution in [0.4, 0.5) is 0 Å². The van der Waals surface area contributed by atoms with E-state index >= 15 is 0 Å². The lowest BCUT2D eigenvalue weighted by molar-refractivity contribution is 0.0391. The SMILES string of the molecule is COCCOCCC(CO)(CO)c1ccccc1. The fourth-order valence-corrected chi connectivity index (χ4v) is 1.84. The summed E-state index contributed by atoms with van der Waals surface area (Å²) in [5.41, 5.74) is 0.305. The van der Waals surface area contributed by atoms with Crippen molar-refractivity contribution >= 4 is 0 Å². The lowest BCUT2D eigenvalue weighted by atomic mass is 9.79. The zero-order valence-electron chi connectivity index (χ0n) is 10.8. The molecule has 1 aromatic carbocycles. The molecular formula is C14H22O4. The van der Waals surface area contributed by atoms with E-state index in [4.69, 9.17) is 9.47 Å². The topological polar surface area (TPSA) is 58.9 Å². The number of ether oxygens (including phenoxy) is 2. The van der Waals surface area contributed by atoms with Gasteiger partial charge in [-0.2, -0.15) is 0 Å². The average Bonchev–Trinajstić information content (AvgIpc) is 2.44. The van der Waals surface area contributed by atoms with E-state index in [1.54, 1.807) is 7.11 Å². The molecule has 0 saturated heterocycles. The highest BCUT2D eigenvalue weighted by Gasteiger charge is 2.30. The Morgan fingerprint density at radius 3 is 2.22 bits per heavy atom. The summed E-state index contributed by atoms with van der Waals surface area (Å²) in [6, 6.07) is 9.56. The second-order valence-electron chi connectivity index (χ2n) is 4.32. The van der Waals surface area contributed by atoms with Crippen LogP contribution in [0.5, 0.6) is 0 Å². The van der Waals surface area contributed by atoms with Crippen molar-refractivity contribution in [2.45, 2.75) is 11.8 Å². The Bertz CT molecular complexity index is 309. The Morgan fingerprint density at radius 2 is 1.67 bits per heavy atom. The Labute approximate surface area is 108 Å². The summed E-state index contributed by atoms with van der Waals surface area (Å²) in [4.78, 5) is 0. The molecule has 0 aliphatic heterocycles. The maximum absolute atomic E-state index is 9.59. The molecule has 0 aliphatic rings. The van der Waals surface area contributed by atoms with E-state index in [2.05, 4.69) is 0 Å². The first-order valence-electron chi connectivity index (χ1n) is 6.13. The van der Waals surface area contributed by atoms with Gasteiger partial charge in [0.2, 0.25) is 0 Å². The third kappa shape index (κ3) is 4.07. The second kappa shape index (κ2) is 8.21. The molecule has 0 atom stereocenters. The summed E-state index contributed by atoms with van der Waals surface area (Å²) in [6.07, 6.45) is 0.577. The molecule has 0 amide bonds. The summed E-state index contributed by atoms with van der Waals surface area (Å²) in [7, 11) is 1.62. The number of rotatable bonds is 9. The van der Waals surface area contributed by atoms with E-state index < -0.39 is 5.41 Å². The number of aliphatic hydroxyl groups is 2. The van der Waals surface area contributed by atoms with Crippen molar-refractivity contribution in [2.75, 3.05) is 40.1 Å². The van der Waals surface area contributed by atoms with Gasteiger partial charge in [-0.3, -0.25) is 0 Å². The highest BCUT2D eigenvalue weighted by molar-refractivity contribution is 5.25. The second-order valence-corrected chi connectivity index (χ2v) is 4.32. The lowest BCUT2D eigenvalue weighted by Gasteiger charge is -2.30. The first-order valence-corrected chi connectivity index (χ1v) is 6.13. The van der Waals surface area contributed by atoms with Crippen LogP contribution < -0.4 is 0 Å². The van der Waals surface area contributed by atoms with Crippen LogP contribution >= 0.6 is 0 Å². The molecule has 0 fully saturated rings. The molecule has 2 N–H and O–H groups in total. The first-order chi connectivity index (χ1) is 8.79. The van der Waals surface area contributed by atoms with Crippen LogP contribution in [0.1, 0.15) is 12.0 Å². The number of aliphatic hydroxyl groups excluding tert-OH is 2. The lowest BCUT2D eigenvalue weighted by Crippen LogP contribution is -2.36. The smallest absolute Gasteiger partial charge is 0.0700 e. The Kier molecular flexibility index (Phi) is 6.90. The monoisotopic (exact) mass is 254 g/mol. The van der Waals surface area contributed by atoms with Gasteiger partial charge in [0.15, 0.2) is 0 Å². The molecule has 0 unspecified atom stereocenters. The van der Waals surface area contributed by atoms with Gasteiger partial charge in [0.05, 0.1) is 26.4 Å². The van der Waals surface area contributed by atoms with Crippen LogP contribution in [-0.4, -0.2) is 50.4 Å². The Morgan fingerprint density at radius 1 is 1.00 bits per heavy atom. The molecule has 0 bridgehead atoms. The van der Waals surface area contributed by atoms with Gasteiger partial charge in [0.25, 0.3) is 0 Å². The number of benzene rings is 1. The van der Waals surface area contributed by atoms with Gasteiger partial charge in [-0.05, 0) is 12.0 Å². The number of hydrogen-bond acceptors (Lipinski definition) is 4. The Balaban J connectivity index is 2.58. The number of hydrogen-bond donors (Lipinski definition) is 2. The van der Waals surface area contributed by atoms with Crippen molar-refractivity contribution in [3.8, 4) is 0 Å². The van der Waals surface area contributed by atoms with Crippen LogP contribution in [0.15, 0.2) is 30.3 Å². The Hall–Kier alpha value is -0.940. The molecule has 0 radical (unpaired) electrons. The zero-order chi connectivity index (χ0) is 13.3. The molecule has 0 aromatic heterocycles. The van der Waals surface area contributed by atoms with Gasteiger partial charge in [-0.15, -0.1) is 0 Å². The molecule has 1 rings (SSSR count). The number of methoxy groups -OCH3 is 1. The van der Waals surface area contributed by atoms with Crippen molar-refractivity contribution in [1.82, 2.24) is 0 Å². The van der Waals surface area contributed by atoms with Crippen molar-refractivity contribution in [2.24, 2.45) is 0 Å².